The van der Waals surface area contributed by atoms with Crippen LogP contribution in [0.15, 0.2) is 18.3 Å². The van der Waals surface area contributed by atoms with Crippen LogP contribution in [-0.2, 0) is 6.42 Å². The number of nitrogens with zero attached hydrogens (tertiary/aromatic N) is 3. The molecule has 0 radical (unpaired) electrons. The Morgan fingerprint density at radius 3 is 2.72 bits per heavy atom. The molecule has 1 aliphatic rings. The molecular formula is C14H24N4. The van der Waals surface area contributed by atoms with E-state index in [-0.39, 0.29) is 0 Å². The molecule has 18 heavy (non-hydrogen) atoms. The standard InChI is InChI=1S/C14H24N4/c1-2-8-17-9-11-18(12-10-17)14-13(5-6-15)4-3-7-16-14/h3-4,7H,2,5-6,8-12,15H2,1H3. The molecule has 0 bridgehead atoms. The zero-order valence-electron chi connectivity index (χ0n) is 11.3. The zero-order valence-corrected chi connectivity index (χ0v) is 11.3. The molecule has 4 nitrogen and oxygen atoms in total. The van der Waals surface area contributed by atoms with Crippen LogP contribution in [0.25, 0.3) is 0 Å². The van der Waals surface area contributed by atoms with E-state index in [9.17, 15) is 0 Å². The molecule has 1 fully saturated rings. The Labute approximate surface area is 110 Å². The summed E-state index contributed by atoms with van der Waals surface area (Å²) in [6, 6.07) is 4.15. The third-order valence-corrected chi connectivity index (χ3v) is 3.49. The molecule has 1 aromatic heterocycles. The molecule has 0 unspecified atom stereocenters. The van der Waals surface area contributed by atoms with E-state index in [0.717, 1.165) is 38.4 Å². The Morgan fingerprint density at radius 2 is 2.06 bits per heavy atom. The topological polar surface area (TPSA) is 45.4 Å². The summed E-state index contributed by atoms with van der Waals surface area (Å²) in [5, 5.41) is 0. The van der Waals surface area contributed by atoms with Gasteiger partial charge in [0.1, 0.15) is 5.82 Å². The average molecular weight is 248 g/mol. The monoisotopic (exact) mass is 248 g/mol. The SMILES string of the molecule is CCCN1CCN(c2ncccc2CCN)CC1. The fourth-order valence-electron chi connectivity index (χ4n) is 2.57. The second-order valence-corrected chi connectivity index (χ2v) is 4.85. The molecule has 4 heteroatoms. The first-order valence-corrected chi connectivity index (χ1v) is 6.96. The quantitative estimate of drug-likeness (QED) is 0.848. The molecule has 1 aliphatic heterocycles. The predicted molar refractivity (Wildman–Crippen MR) is 75.9 cm³/mol. The van der Waals surface area contributed by atoms with Crippen LogP contribution in [0.1, 0.15) is 18.9 Å². The van der Waals surface area contributed by atoms with E-state index in [2.05, 4.69) is 27.8 Å². The van der Waals surface area contributed by atoms with Crippen molar-refractivity contribution in [3.8, 4) is 0 Å². The Kier molecular flexibility index (Phi) is 4.96. The van der Waals surface area contributed by atoms with Crippen molar-refractivity contribution in [2.24, 2.45) is 5.73 Å². The lowest BCUT2D eigenvalue weighted by molar-refractivity contribution is 0.258. The van der Waals surface area contributed by atoms with E-state index in [4.69, 9.17) is 5.73 Å². The summed E-state index contributed by atoms with van der Waals surface area (Å²) in [4.78, 5) is 9.47. The molecule has 1 aromatic rings. The van der Waals surface area contributed by atoms with Crippen molar-refractivity contribution in [3.63, 3.8) is 0 Å². The molecule has 0 aliphatic carbocycles. The smallest absolute Gasteiger partial charge is 0.131 e. The zero-order chi connectivity index (χ0) is 12.8. The van der Waals surface area contributed by atoms with Crippen molar-refractivity contribution >= 4 is 5.82 Å². The van der Waals surface area contributed by atoms with Gasteiger partial charge in [0.15, 0.2) is 0 Å². The summed E-state index contributed by atoms with van der Waals surface area (Å²) < 4.78 is 0. The van der Waals surface area contributed by atoms with Gasteiger partial charge in [-0.3, -0.25) is 4.90 Å². The first-order chi connectivity index (χ1) is 8.85. The maximum Gasteiger partial charge on any atom is 0.131 e. The Morgan fingerprint density at radius 1 is 1.28 bits per heavy atom. The second-order valence-electron chi connectivity index (χ2n) is 4.85. The van der Waals surface area contributed by atoms with E-state index in [1.54, 1.807) is 0 Å². The highest BCUT2D eigenvalue weighted by Crippen LogP contribution is 2.19. The largest absolute Gasteiger partial charge is 0.354 e. The van der Waals surface area contributed by atoms with Crippen molar-refractivity contribution in [1.82, 2.24) is 9.88 Å². The van der Waals surface area contributed by atoms with Crippen LogP contribution in [0.5, 0.6) is 0 Å². The van der Waals surface area contributed by atoms with Gasteiger partial charge in [-0.15, -0.1) is 0 Å². The Bertz CT molecular complexity index is 359. The van der Waals surface area contributed by atoms with Gasteiger partial charge in [-0.05, 0) is 37.6 Å². The number of anilines is 1. The number of piperazine rings is 1. The molecule has 2 rings (SSSR count). The van der Waals surface area contributed by atoms with Gasteiger partial charge in [-0.25, -0.2) is 4.98 Å². The van der Waals surface area contributed by atoms with Gasteiger partial charge < -0.3 is 10.6 Å². The number of pyridine rings is 1. The molecule has 2 N–H and O–H groups in total. The fraction of sp³-hybridized carbons (Fsp3) is 0.643. The lowest BCUT2D eigenvalue weighted by Crippen LogP contribution is -2.47. The van der Waals surface area contributed by atoms with Gasteiger partial charge in [-0.2, -0.15) is 0 Å². The lowest BCUT2D eigenvalue weighted by atomic mass is 10.1. The summed E-state index contributed by atoms with van der Waals surface area (Å²) in [7, 11) is 0. The number of hydrogen-bond donors (Lipinski definition) is 1. The summed E-state index contributed by atoms with van der Waals surface area (Å²) in [5.41, 5.74) is 6.95. The molecule has 0 atom stereocenters. The van der Waals surface area contributed by atoms with Crippen LogP contribution < -0.4 is 10.6 Å². The molecule has 100 valence electrons. The van der Waals surface area contributed by atoms with Crippen molar-refractivity contribution in [3.05, 3.63) is 23.9 Å². The summed E-state index contributed by atoms with van der Waals surface area (Å²) >= 11 is 0. The van der Waals surface area contributed by atoms with Gasteiger partial charge >= 0.3 is 0 Å². The van der Waals surface area contributed by atoms with Crippen molar-refractivity contribution in [2.75, 3.05) is 44.2 Å². The molecule has 0 amide bonds. The predicted octanol–water partition coefficient (Wildman–Crippen LogP) is 1.11. The Hall–Kier alpha value is -1.13. The third-order valence-electron chi connectivity index (χ3n) is 3.49. The van der Waals surface area contributed by atoms with E-state index in [1.165, 1.54) is 18.5 Å². The molecule has 2 heterocycles. The number of aromatic nitrogens is 1. The summed E-state index contributed by atoms with van der Waals surface area (Å²) in [6.45, 7) is 8.59. The molecule has 0 aromatic carbocycles. The number of hydrogen-bond acceptors (Lipinski definition) is 4. The Balaban J connectivity index is 2.00. The minimum atomic E-state index is 0.689. The summed E-state index contributed by atoms with van der Waals surface area (Å²) in [6.07, 6.45) is 4.04. The van der Waals surface area contributed by atoms with Crippen LogP contribution in [0.4, 0.5) is 5.82 Å². The lowest BCUT2D eigenvalue weighted by Gasteiger charge is -2.36. The number of rotatable bonds is 5. The van der Waals surface area contributed by atoms with Crippen molar-refractivity contribution in [1.29, 1.82) is 0 Å². The first kappa shape index (κ1) is 13.3. The van der Waals surface area contributed by atoms with E-state index in [0.29, 0.717) is 6.54 Å². The molecular weight excluding hydrogens is 224 g/mol. The number of nitrogens with two attached hydrogens (primary N) is 1. The van der Waals surface area contributed by atoms with Crippen LogP contribution in [0, 0.1) is 0 Å². The van der Waals surface area contributed by atoms with E-state index in [1.807, 2.05) is 12.3 Å². The maximum absolute atomic E-state index is 5.67. The van der Waals surface area contributed by atoms with Crippen molar-refractivity contribution in [2.45, 2.75) is 19.8 Å². The second kappa shape index (κ2) is 6.71. The average Bonchev–Trinajstić information content (AvgIpc) is 2.41. The van der Waals surface area contributed by atoms with E-state index < -0.39 is 0 Å². The maximum atomic E-state index is 5.67. The minimum Gasteiger partial charge on any atom is -0.354 e. The minimum absolute atomic E-state index is 0.689. The van der Waals surface area contributed by atoms with Crippen LogP contribution in [0.3, 0.4) is 0 Å². The molecule has 1 saturated heterocycles. The molecule has 0 saturated carbocycles. The van der Waals surface area contributed by atoms with Gasteiger partial charge in [0.25, 0.3) is 0 Å². The molecule has 0 spiro atoms. The third kappa shape index (κ3) is 3.21. The first-order valence-electron chi connectivity index (χ1n) is 6.96. The highest BCUT2D eigenvalue weighted by Gasteiger charge is 2.18. The van der Waals surface area contributed by atoms with Gasteiger partial charge in [0, 0.05) is 32.4 Å². The highest BCUT2D eigenvalue weighted by molar-refractivity contribution is 5.47. The van der Waals surface area contributed by atoms with Gasteiger partial charge in [0.05, 0.1) is 0 Å². The van der Waals surface area contributed by atoms with Crippen molar-refractivity contribution < 1.29 is 0 Å². The van der Waals surface area contributed by atoms with Crippen LogP contribution in [-0.4, -0.2) is 49.2 Å². The van der Waals surface area contributed by atoms with Gasteiger partial charge in [-0.1, -0.05) is 13.0 Å². The van der Waals surface area contributed by atoms with Gasteiger partial charge in [0.2, 0.25) is 0 Å². The van der Waals surface area contributed by atoms with Crippen LogP contribution >= 0.6 is 0 Å². The van der Waals surface area contributed by atoms with E-state index >= 15 is 0 Å². The van der Waals surface area contributed by atoms with Crippen LogP contribution in [0.2, 0.25) is 0 Å². The fourth-order valence-corrected chi connectivity index (χ4v) is 2.57. The normalized spacial score (nSPS) is 17.1. The highest BCUT2D eigenvalue weighted by atomic mass is 15.3. The summed E-state index contributed by atoms with van der Waals surface area (Å²) in [5.74, 6) is 1.14.